The number of carbonyl (C=O) groups excluding carboxylic acids is 2. The summed E-state index contributed by atoms with van der Waals surface area (Å²) < 4.78 is 27.3. The van der Waals surface area contributed by atoms with Crippen LogP contribution in [0.3, 0.4) is 0 Å². The number of ketones is 1. The molecule has 6 heteroatoms. The highest BCUT2D eigenvalue weighted by molar-refractivity contribution is 6.30. The Balaban J connectivity index is 2.28. The van der Waals surface area contributed by atoms with Crippen molar-refractivity contribution < 1.29 is 18.4 Å². The SMILES string of the molecule is CC(=O)CC1CCCCN1C(=O)c1cc(F)c(Cl)cc1F. The summed E-state index contributed by atoms with van der Waals surface area (Å²) in [6.07, 6.45) is 2.64. The quantitative estimate of drug-likeness (QED) is 0.799. The average Bonchev–Trinajstić information content (AvgIpc) is 2.42. The molecule has 1 amide bonds. The van der Waals surface area contributed by atoms with Crippen LogP contribution in [0.5, 0.6) is 0 Å². The molecule has 0 N–H and O–H groups in total. The highest BCUT2D eigenvalue weighted by Gasteiger charge is 2.30. The Morgan fingerprint density at radius 3 is 2.67 bits per heavy atom. The van der Waals surface area contributed by atoms with Crippen molar-refractivity contribution in [3.05, 3.63) is 34.4 Å². The van der Waals surface area contributed by atoms with Crippen LogP contribution in [-0.4, -0.2) is 29.2 Å². The van der Waals surface area contributed by atoms with Crippen molar-refractivity contribution in [2.45, 2.75) is 38.6 Å². The van der Waals surface area contributed by atoms with Crippen molar-refractivity contribution in [3.8, 4) is 0 Å². The fourth-order valence-electron chi connectivity index (χ4n) is 2.65. The Bertz CT molecular complexity index is 577. The minimum absolute atomic E-state index is 0.0255. The summed E-state index contributed by atoms with van der Waals surface area (Å²) in [5.41, 5.74) is -0.340. The second kappa shape index (κ2) is 6.52. The van der Waals surface area contributed by atoms with Crippen molar-refractivity contribution >= 4 is 23.3 Å². The standard InChI is InChI=1S/C15H16ClF2NO2/c1-9(20)6-10-4-2-3-5-19(10)15(21)11-7-14(18)12(16)8-13(11)17/h7-8,10H,2-6H2,1H3. The van der Waals surface area contributed by atoms with Gasteiger partial charge in [-0.1, -0.05) is 11.6 Å². The number of nitrogens with zero attached hydrogens (tertiary/aromatic N) is 1. The maximum absolute atomic E-state index is 13.9. The van der Waals surface area contributed by atoms with Crippen LogP contribution in [0.4, 0.5) is 8.78 Å². The summed E-state index contributed by atoms with van der Waals surface area (Å²) >= 11 is 5.49. The average molecular weight is 316 g/mol. The molecule has 1 fully saturated rings. The molecule has 0 aromatic heterocycles. The normalized spacial score (nSPS) is 18.7. The molecular formula is C15H16ClF2NO2. The second-order valence-corrected chi connectivity index (χ2v) is 5.71. The molecule has 0 spiro atoms. The maximum atomic E-state index is 13.9. The van der Waals surface area contributed by atoms with E-state index in [2.05, 4.69) is 0 Å². The lowest BCUT2D eigenvalue weighted by atomic mass is 9.96. The van der Waals surface area contributed by atoms with Crippen molar-refractivity contribution in [3.63, 3.8) is 0 Å². The zero-order valence-corrected chi connectivity index (χ0v) is 12.4. The van der Waals surface area contributed by atoms with Crippen LogP contribution in [-0.2, 0) is 4.79 Å². The minimum atomic E-state index is -0.849. The van der Waals surface area contributed by atoms with E-state index in [4.69, 9.17) is 11.6 Å². The third-order valence-electron chi connectivity index (χ3n) is 3.65. The van der Waals surface area contributed by atoms with Crippen molar-refractivity contribution in [1.82, 2.24) is 4.90 Å². The van der Waals surface area contributed by atoms with Gasteiger partial charge in [0.25, 0.3) is 5.91 Å². The number of carbonyl (C=O) groups is 2. The molecule has 1 atom stereocenters. The number of piperidine rings is 1. The van der Waals surface area contributed by atoms with Crippen LogP contribution in [0, 0.1) is 11.6 Å². The first-order valence-electron chi connectivity index (χ1n) is 6.85. The van der Waals surface area contributed by atoms with E-state index >= 15 is 0 Å². The Morgan fingerprint density at radius 2 is 2.00 bits per heavy atom. The van der Waals surface area contributed by atoms with Crippen LogP contribution < -0.4 is 0 Å². The molecule has 114 valence electrons. The highest BCUT2D eigenvalue weighted by Crippen LogP contribution is 2.25. The smallest absolute Gasteiger partial charge is 0.257 e. The van der Waals surface area contributed by atoms with E-state index in [0.717, 1.165) is 25.0 Å². The maximum Gasteiger partial charge on any atom is 0.257 e. The van der Waals surface area contributed by atoms with Crippen molar-refractivity contribution in [2.75, 3.05) is 6.54 Å². The molecule has 0 saturated carbocycles. The number of benzene rings is 1. The zero-order chi connectivity index (χ0) is 15.6. The summed E-state index contributed by atoms with van der Waals surface area (Å²) in [5.74, 6) is -2.29. The molecular weight excluding hydrogens is 300 g/mol. The molecule has 1 aliphatic rings. The van der Waals surface area contributed by atoms with Crippen LogP contribution >= 0.6 is 11.6 Å². The number of Topliss-reactive ketones (excluding diaryl/α,β-unsaturated/α-hetero) is 1. The van der Waals surface area contributed by atoms with Gasteiger partial charge in [-0.2, -0.15) is 0 Å². The molecule has 2 rings (SSSR count). The van der Waals surface area contributed by atoms with Gasteiger partial charge in [0.1, 0.15) is 17.4 Å². The lowest BCUT2D eigenvalue weighted by Gasteiger charge is -2.35. The Kier molecular flexibility index (Phi) is 4.93. The Morgan fingerprint density at radius 1 is 1.29 bits per heavy atom. The number of hydrogen-bond acceptors (Lipinski definition) is 2. The molecule has 0 radical (unpaired) electrons. The van der Waals surface area contributed by atoms with Gasteiger partial charge >= 0.3 is 0 Å². The largest absolute Gasteiger partial charge is 0.335 e. The monoisotopic (exact) mass is 315 g/mol. The predicted molar refractivity (Wildman–Crippen MR) is 75.3 cm³/mol. The van der Waals surface area contributed by atoms with Crippen molar-refractivity contribution in [1.29, 1.82) is 0 Å². The predicted octanol–water partition coefficient (Wildman–Crippen LogP) is 3.59. The number of likely N-dealkylation sites (tertiary alicyclic amines) is 1. The highest BCUT2D eigenvalue weighted by atomic mass is 35.5. The van der Waals surface area contributed by atoms with Gasteiger partial charge in [-0.05, 0) is 38.3 Å². The first kappa shape index (κ1) is 15.9. The van der Waals surface area contributed by atoms with Gasteiger partial charge in [0.15, 0.2) is 0 Å². The van der Waals surface area contributed by atoms with Gasteiger partial charge in [0.2, 0.25) is 0 Å². The number of halogens is 3. The zero-order valence-electron chi connectivity index (χ0n) is 11.7. The van der Waals surface area contributed by atoms with Crippen LogP contribution in [0.1, 0.15) is 43.0 Å². The molecule has 1 aromatic carbocycles. The van der Waals surface area contributed by atoms with Gasteiger partial charge in [-0.15, -0.1) is 0 Å². The van der Waals surface area contributed by atoms with E-state index in [1.807, 2.05) is 0 Å². The molecule has 1 heterocycles. The lowest BCUT2D eigenvalue weighted by molar-refractivity contribution is -0.118. The molecule has 21 heavy (non-hydrogen) atoms. The first-order valence-corrected chi connectivity index (χ1v) is 7.23. The van der Waals surface area contributed by atoms with Gasteiger partial charge in [-0.3, -0.25) is 9.59 Å². The van der Waals surface area contributed by atoms with Crippen molar-refractivity contribution in [2.24, 2.45) is 0 Å². The third-order valence-corrected chi connectivity index (χ3v) is 3.94. The van der Waals surface area contributed by atoms with E-state index < -0.39 is 17.5 Å². The Labute approximate surface area is 126 Å². The molecule has 1 aliphatic heterocycles. The van der Waals surface area contributed by atoms with Gasteiger partial charge in [-0.25, -0.2) is 8.78 Å². The molecule has 1 saturated heterocycles. The summed E-state index contributed by atoms with van der Waals surface area (Å²) in [4.78, 5) is 25.2. The lowest BCUT2D eigenvalue weighted by Crippen LogP contribution is -2.44. The van der Waals surface area contributed by atoms with E-state index in [1.165, 1.54) is 11.8 Å². The van der Waals surface area contributed by atoms with Crippen LogP contribution in [0.2, 0.25) is 5.02 Å². The van der Waals surface area contributed by atoms with Crippen LogP contribution in [0.25, 0.3) is 0 Å². The fraction of sp³-hybridized carbons (Fsp3) is 0.467. The number of hydrogen-bond donors (Lipinski definition) is 0. The van der Waals surface area contributed by atoms with E-state index in [0.29, 0.717) is 13.0 Å². The second-order valence-electron chi connectivity index (χ2n) is 5.30. The summed E-state index contributed by atoms with van der Waals surface area (Å²) in [7, 11) is 0. The first-order chi connectivity index (χ1) is 9.90. The van der Waals surface area contributed by atoms with Gasteiger partial charge < -0.3 is 4.90 Å². The van der Waals surface area contributed by atoms with E-state index in [9.17, 15) is 18.4 Å². The molecule has 0 aliphatic carbocycles. The summed E-state index contributed by atoms with van der Waals surface area (Å²) in [6, 6.07) is 1.37. The fourth-order valence-corrected chi connectivity index (χ4v) is 2.80. The van der Waals surface area contributed by atoms with E-state index in [-0.39, 0.29) is 28.8 Å². The van der Waals surface area contributed by atoms with Crippen LogP contribution in [0.15, 0.2) is 12.1 Å². The summed E-state index contributed by atoms with van der Waals surface area (Å²) in [5, 5.41) is -0.358. The molecule has 1 unspecified atom stereocenters. The summed E-state index contributed by atoms with van der Waals surface area (Å²) in [6.45, 7) is 1.90. The molecule has 3 nitrogen and oxygen atoms in total. The number of rotatable bonds is 3. The van der Waals surface area contributed by atoms with Gasteiger partial charge in [0, 0.05) is 19.0 Å². The van der Waals surface area contributed by atoms with E-state index in [1.54, 1.807) is 0 Å². The number of amides is 1. The molecule has 0 bridgehead atoms. The Hall–Kier alpha value is -1.49. The topological polar surface area (TPSA) is 37.4 Å². The molecule has 1 aromatic rings. The third kappa shape index (κ3) is 3.59. The minimum Gasteiger partial charge on any atom is -0.335 e. The van der Waals surface area contributed by atoms with Gasteiger partial charge in [0.05, 0.1) is 10.6 Å².